The van der Waals surface area contributed by atoms with E-state index in [1.54, 1.807) is 31.6 Å². The second-order valence-electron chi connectivity index (χ2n) is 8.57. The van der Waals surface area contributed by atoms with Crippen molar-refractivity contribution in [1.82, 2.24) is 24.7 Å². The van der Waals surface area contributed by atoms with Crippen LogP contribution in [-0.4, -0.2) is 35.5 Å². The summed E-state index contributed by atoms with van der Waals surface area (Å²) in [5.74, 6) is -2.55. The van der Waals surface area contributed by atoms with Gasteiger partial charge in [0.15, 0.2) is 0 Å². The van der Waals surface area contributed by atoms with Gasteiger partial charge in [0.2, 0.25) is 15.9 Å². The highest BCUT2D eigenvalue weighted by Gasteiger charge is 2.35. The van der Waals surface area contributed by atoms with E-state index in [9.17, 15) is 13.2 Å². The summed E-state index contributed by atoms with van der Waals surface area (Å²) in [4.78, 5) is 11.6. The minimum atomic E-state index is -4.29. The Hall–Kier alpha value is -3.48. The third kappa shape index (κ3) is 5.17. The van der Waals surface area contributed by atoms with Gasteiger partial charge in [0.1, 0.15) is 22.5 Å². The molecule has 2 heterocycles. The van der Waals surface area contributed by atoms with Crippen LogP contribution in [0.15, 0.2) is 50.6 Å². The summed E-state index contributed by atoms with van der Waals surface area (Å²) in [6.07, 6.45) is 1.82. The van der Waals surface area contributed by atoms with Gasteiger partial charge in [-0.1, -0.05) is 24.6 Å². The fourth-order valence-corrected chi connectivity index (χ4v) is 5.99. The van der Waals surface area contributed by atoms with Crippen LogP contribution in [0.25, 0.3) is 11.1 Å². The number of sulfonamides is 1. The number of nitrogens with zero attached hydrogens (tertiary/aromatic N) is 3. The number of H-pyrrole nitrogens is 1. The molecule has 196 valence electrons. The van der Waals surface area contributed by atoms with Gasteiger partial charge in [0.25, 0.3) is 0 Å². The summed E-state index contributed by atoms with van der Waals surface area (Å²) in [5, 5.41) is 10.6. The molecule has 0 fully saturated rings. The quantitative estimate of drug-likeness (QED) is 0.339. The van der Waals surface area contributed by atoms with Gasteiger partial charge in [0.05, 0.1) is 12.8 Å². The van der Waals surface area contributed by atoms with E-state index in [4.69, 9.17) is 20.8 Å². The van der Waals surface area contributed by atoms with Crippen LogP contribution >= 0.6 is 11.6 Å². The molecule has 0 aliphatic rings. The third-order valence-electron chi connectivity index (χ3n) is 6.14. The molecule has 10 nitrogen and oxygen atoms in total. The van der Waals surface area contributed by atoms with E-state index in [-0.39, 0.29) is 27.1 Å². The van der Waals surface area contributed by atoms with Crippen molar-refractivity contribution < 1.29 is 22.0 Å². The lowest BCUT2D eigenvalue weighted by Crippen LogP contribution is -2.33. The van der Waals surface area contributed by atoms with Gasteiger partial charge in [-0.05, 0) is 48.7 Å². The van der Waals surface area contributed by atoms with Gasteiger partial charge < -0.3 is 9.15 Å². The Balaban J connectivity index is 1.84. The topological polar surface area (TPSA) is 132 Å². The molecule has 0 saturated heterocycles. The zero-order valence-electron chi connectivity index (χ0n) is 20.7. The molecule has 13 heteroatoms. The number of benzene rings is 2. The second-order valence-corrected chi connectivity index (χ2v) is 10.7. The summed E-state index contributed by atoms with van der Waals surface area (Å²) in [5.41, 5.74) is 3.10. The minimum absolute atomic E-state index is 0.00583. The van der Waals surface area contributed by atoms with Crippen molar-refractivity contribution in [3.05, 3.63) is 80.6 Å². The Bertz CT molecular complexity index is 1630. The second kappa shape index (κ2) is 10.1. The highest BCUT2D eigenvalue weighted by Crippen LogP contribution is 2.39. The molecule has 0 aliphatic carbocycles. The summed E-state index contributed by atoms with van der Waals surface area (Å²) >= 11 is 5.99. The maximum Gasteiger partial charge on any atom is 0.434 e. The number of aryl methyl sites for hydroxylation is 2. The van der Waals surface area contributed by atoms with Crippen LogP contribution in [0, 0.1) is 19.7 Å². The van der Waals surface area contributed by atoms with E-state index < -0.39 is 33.6 Å². The van der Waals surface area contributed by atoms with Crippen molar-refractivity contribution in [2.75, 3.05) is 7.11 Å². The average molecular weight is 550 g/mol. The Labute approximate surface area is 217 Å². The SMILES string of the molecule is COc1cc(Cl)ccc1S(=O)(=O)NC(c1n[nH]c(=O)o1)C(C)c1c(F)ccc(-c2cn(C)nc2C)c1C. The van der Waals surface area contributed by atoms with E-state index in [1.165, 1.54) is 31.4 Å². The van der Waals surface area contributed by atoms with Gasteiger partial charge in [-0.15, -0.1) is 5.10 Å². The number of rotatable bonds is 8. The number of aromatic nitrogens is 4. The van der Waals surface area contributed by atoms with E-state index in [1.807, 2.05) is 13.1 Å². The number of ether oxygens (including phenoxy) is 1. The molecule has 0 radical (unpaired) electrons. The van der Waals surface area contributed by atoms with Crippen LogP contribution in [0.3, 0.4) is 0 Å². The van der Waals surface area contributed by atoms with Crippen molar-refractivity contribution >= 4 is 21.6 Å². The number of methoxy groups -OCH3 is 1. The van der Waals surface area contributed by atoms with Gasteiger partial charge in [0, 0.05) is 35.8 Å². The minimum Gasteiger partial charge on any atom is -0.495 e. The molecular formula is C24H25ClFN5O5S. The van der Waals surface area contributed by atoms with E-state index >= 15 is 4.39 Å². The number of nitrogens with one attached hydrogen (secondary N) is 2. The molecule has 2 aromatic heterocycles. The van der Waals surface area contributed by atoms with Gasteiger partial charge >= 0.3 is 5.76 Å². The number of halogens is 2. The number of aromatic amines is 1. The predicted octanol–water partition coefficient (Wildman–Crippen LogP) is 4.00. The fraction of sp³-hybridized carbons (Fsp3) is 0.292. The first-order valence-electron chi connectivity index (χ1n) is 11.1. The summed E-state index contributed by atoms with van der Waals surface area (Å²) in [6, 6.07) is 5.74. The summed E-state index contributed by atoms with van der Waals surface area (Å²) in [6.45, 7) is 5.20. The monoisotopic (exact) mass is 549 g/mol. The zero-order chi connectivity index (χ0) is 27.1. The van der Waals surface area contributed by atoms with Crippen LogP contribution in [0.1, 0.15) is 41.6 Å². The maximum absolute atomic E-state index is 15.3. The maximum atomic E-state index is 15.3. The van der Waals surface area contributed by atoms with Crippen LogP contribution in [-0.2, 0) is 17.1 Å². The third-order valence-corrected chi connectivity index (χ3v) is 7.85. The Kier molecular flexibility index (Phi) is 7.27. The molecular weight excluding hydrogens is 525 g/mol. The first kappa shape index (κ1) is 26.6. The molecule has 0 saturated carbocycles. The Morgan fingerprint density at radius 2 is 1.95 bits per heavy atom. The zero-order valence-corrected chi connectivity index (χ0v) is 22.2. The molecule has 2 aromatic carbocycles. The molecule has 0 amide bonds. The lowest BCUT2D eigenvalue weighted by atomic mass is 9.86. The van der Waals surface area contributed by atoms with Crippen molar-refractivity contribution in [2.24, 2.45) is 7.05 Å². The average Bonchev–Trinajstić information content (AvgIpc) is 3.41. The predicted molar refractivity (Wildman–Crippen MR) is 135 cm³/mol. The fourth-order valence-electron chi connectivity index (χ4n) is 4.41. The molecule has 4 rings (SSSR count). The standard InChI is InChI=1S/C24H25ClFN5O5S/c1-12-16(17-11-31(4)29-14(17)3)7-8-18(26)21(12)13(2)22(23-27-28-24(32)36-23)30-37(33,34)20-9-6-15(25)10-19(20)35-5/h6-11,13,22,30H,1-5H3,(H,28,32). The lowest BCUT2D eigenvalue weighted by molar-refractivity contribution is 0.374. The van der Waals surface area contributed by atoms with Crippen molar-refractivity contribution in [3.8, 4) is 16.9 Å². The molecule has 2 atom stereocenters. The number of hydrogen-bond donors (Lipinski definition) is 2. The molecule has 4 aromatic rings. The molecule has 0 bridgehead atoms. The van der Waals surface area contributed by atoms with Crippen LogP contribution in [0.5, 0.6) is 5.75 Å². The largest absolute Gasteiger partial charge is 0.495 e. The van der Waals surface area contributed by atoms with Crippen molar-refractivity contribution in [1.29, 1.82) is 0 Å². The molecule has 2 N–H and O–H groups in total. The van der Waals surface area contributed by atoms with Crippen LogP contribution < -0.4 is 15.2 Å². The Morgan fingerprint density at radius 1 is 1.22 bits per heavy atom. The number of hydrogen-bond acceptors (Lipinski definition) is 7. The molecule has 0 spiro atoms. The highest BCUT2D eigenvalue weighted by molar-refractivity contribution is 7.89. The normalized spacial score (nSPS) is 13.5. The van der Waals surface area contributed by atoms with Gasteiger partial charge in [-0.3, -0.25) is 4.68 Å². The molecule has 37 heavy (non-hydrogen) atoms. The Morgan fingerprint density at radius 3 is 2.54 bits per heavy atom. The van der Waals surface area contributed by atoms with Gasteiger partial charge in [-0.25, -0.2) is 22.7 Å². The van der Waals surface area contributed by atoms with Crippen molar-refractivity contribution in [3.63, 3.8) is 0 Å². The van der Waals surface area contributed by atoms with E-state index in [0.717, 1.165) is 16.8 Å². The molecule has 0 aliphatic heterocycles. The van der Waals surface area contributed by atoms with E-state index in [0.29, 0.717) is 5.56 Å². The lowest BCUT2D eigenvalue weighted by Gasteiger charge is -2.25. The highest BCUT2D eigenvalue weighted by atomic mass is 35.5. The summed E-state index contributed by atoms with van der Waals surface area (Å²) in [7, 11) is -1.19. The van der Waals surface area contributed by atoms with E-state index in [2.05, 4.69) is 20.0 Å². The van der Waals surface area contributed by atoms with Crippen LogP contribution in [0.4, 0.5) is 4.39 Å². The van der Waals surface area contributed by atoms with Gasteiger partial charge in [-0.2, -0.15) is 9.82 Å². The van der Waals surface area contributed by atoms with Crippen LogP contribution in [0.2, 0.25) is 5.02 Å². The summed E-state index contributed by atoms with van der Waals surface area (Å²) < 4.78 is 56.8. The van der Waals surface area contributed by atoms with Crippen molar-refractivity contribution in [2.45, 2.75) is 37.6 Å². The first-order chi connectivity index (χ1) is 17.4. The first-order valence-corrected chi connectivity index (χ1v) is 13.0. The smallest absolute Gasteiger partial charge is 0.434 e. The molecule has 2 unspecified atom stereocenters.